The van der Waals surface area contributed by atoms with E-state index in [1.165, 1.54) is 11.4 Å². The van der Waals surface area contributed by atoms with Crippen molar-refractivity contribution in [3.63, 3.8) is 0 Å². The fourth-order valence-corrected chi connectivity index (χ4v) is 4.74. The van der Waals surface area contributed by atoms with Gasteiger partial charge in [0.1, 0.15) is 5.82 Å². The van der Waals surface area contributed by atoms with E-state index in [1.54, 1.807) is 6.92 Å². The normalized spacial score (nSPS) is 20.9. The molecule has 1 spiro atoms. The number of pyridine rings is 1. The molecular formula is C21H31N5O. The van der Waals surface area contributed by atoms with Gasteiger partial charge in [-0.3, -0.25) is 4.90 Å². The zero-order valence-electron chi connectivity index (χ0n) is 16.6. The fourth-order valence-electron chi connectivity index (χ4n) is 4.74. The number of rotatable bonds is 4. The number of fused-ring (bicyclic) bond motifs is 2. The van der Waals surface area contributed by atoms with Gasteiger partial charge in [-0.2, -0.15) is 0 Å². The Balaban J connectivity index is 1.58. The lowest BCUT2D eigenvalue weighted by Crippen LogP contribution is -2.57. The molecule has 1 saturated heterocycles. The van der Waals surface area contributed by atoms with Crippen molar-refractivity contribution < 1.29 is 5.11 Å². The number of anilines is 1. The second-order valence-corrected chi connectivity index (χ2v) is 8.43. The van der Waals surface area contributed by atoms with Gasteiger partial charge in [0.2, 0.25) is 0 Å². The Labute approximate surface area is 161 Å². The first-order chi connectivity index (χ1) is 13.0. The van der Waals surface area contributed by atoms with Crippen LogP contribution in [0.5, 0.6) is 0 Å². The number of aromatic amines is 1. The van der Waals surface area contributed by atoms with Gasteiger partial charge >= 0.3 is 0 Å². The molecule has 0 bridgehead atoms. The minimum atomic E-state index is -0.535. The zero-order chi connectivity index (χ0) is 19.0. The molecule has 146 valence electrons. The van der Waals surface area contributed by atoms with Gasteiger partial charge < -0.3 is 15.0 Å². The highest BCUT2D eigenvalue weighted by atomic mass is 16.3. The van der Waals surface area contributed by atoms with Gasteiger partial charge in [-0.05, 0) is 37.8 Å². The number of aromatic nitrogens is 3. The predicted octanol–water partition coefficient (Wildman–Crippen LogP) is 2.87. The average molecular weight is 370 g/mol. The minimum Gasteiger partial charge on any atom is -0.387 e. The van der Waals surface area contributed by atoms with E-state index in [0.29, 0.717) is 5.92 Å². The number of aliphatic hydroxyl groups excluding tert-OH is 1. The zero-order valence-corrected chi connectivity index (χ0v) is 16.6. The van der Waals surface area contributed by atoms with E-state index in [2.05, 4.69) is 39.7 Å². The number of imidazole rings is 1. The van der Waals surface area contributed by atoms with Crippen LogP contribution in [0.15, 0.2) is 24.5 Å². The molecule has 1 fully saturated rings. The number of nitrogens with zero attached hydrogens (tertiary/aromatic N) is 4. The standard InChI is InChI=1S/C21H31N5O/c1-15(2)13-26-10-7-18-20(23-14-22-18)21(26)8-11-25(12-9-21)19-6-4-5-17(24-19)16(3)27/h4-6,14-16,27H,7-13H2,1-3H3,(H,22,23)/t16-/m0/s1. The van der Waals surface area contributed by atoms with Gasteiger partial charge in [0.25, 0.3) is 0 Å². The van der Waals surface area contributed by atoms with Gasteiger partial charge in [0, 0.05) is 38.3 Å². The second-order valence-electron chi connectivity index (χ2n) is 8.43. The van der Waals surface area contributed by atoms with Gasteiger partial charge in [0.15, 0.2) is 0 Å². The number of piperidine rings is 1. The van der Waals surface area contributed by atoms with Gasteiger partial charge in [-0.25, -0.2) is 9.97 Å². The van der Waals surface area contributed by atoms with Crippen LogP contribution in [0, 0.1) is 5.92 Å². The molecular weight excluding hydrogens is 338 g/mol. The summed E-state index contributed by atoms with van der Waals surface area (Å²) >= 11 is 0. The van der Waals surface area contributed by atoms with E-state index >= 15 is 0 Å². The maximum atomic E-state index is 9.85. The van der Waals surface area contributed by atoms with E-state index in [9.17, 15) is 5.11 Å². The molecule has 2 N–H and O–H groups in total. The SMILES string of the molecule is CC(C)CN1CCc2[nH]cnc2C12CCN(c1cccc([C@H](C)O)n1)CC2. The van der Waals surface area contributed by atoms with Crippen molar-refractivity contribution in [2.24, 2.45) is 5.92 Å². The number of aliphatic hydroxyl groups is 1. The summed E-state index contributed by atoms with van der Waals surface area (Å²) < 4.78 is 0. The third-order valence-corrected chi connectivity index (χ3v) is 6.08. The lowest BCUT2D eigenvalue weighted by molar-refractivity contribution is 0.0341. The molecule has 0 unspecified atom stereocenters. The average Bonchev–Trinajstić information content (AvgIpc) is 3.14. The van der Waals surface area contributed by atoms with E-state index in [-0.39, 0.29) is 5.54 Å². The third kappa shape index (κ3) is 3.36. The van der Waals surface area contributed by atoms with Crippen molar-refractivity contribution in [3.05, 3.63) is 41.6 Å². The molecule has 0 saturated carbocycles. The largest absolute Gasteiger partial charge is 0.387 e. The quantitative estimate of drug-likeness (QED) is 0.867. The molecule has 1 atom stereocenters. The number of nitrogens with one attached hydrogen (secondary N) is 1. The molecule has 4 heterocycles. The molecule has 0 radical (unpaired) electrons. The van der Waals surface area contributed by atoms with Crippen molar-refractivity contribution in [1.29, 1.82) is 0 Å². The first-order valence-electron chi connectivity index (χ1n) is 10.2. The summed E-state index contributed by atoms with van der Waals surface area (Å²) in [6, 6.07) is 5.93. The summed E-state index contributed by atoms with van der Waals surface area (Å²) in [7, 11) is 0. The molecule has 4 rings (SSSR count). The van der Waals surface area contributed by atoms with E-state index < -0.39 is 6.10 Å². The number of hydrogen-bond acceptors (Lipinski definition) is 5. The maximum Gasteiger partial charge on any atom is 0.128 e. The van der Waals surface area contributed by atoms with Crippen LogP contribution in [0.3, 0.4) is 0 Å². The van der Waals surface area contributed by atoms with Crippen LogP contribution in [0.4, 0.5) is 5.82 Å². The Morgan fingerprint density at radius 1 is 1.19 bits per heavy atom. The molecule has 27 heavy (non-hydrogen) atoms. The highest BCUT2D eigenvalue weighted by Crippen LogP contribution is 2.43. The van der Waals surface area contributed by atoms with E-state index in [0.717, 1.165) is 57.0 Å². The Hall–Kier alpha value is -1.92. The molecule has 0 amide bonds. The lowest BCUT2D eigenvalue weighted by Gasteiger charge is -2.51. The van der Waals surface area contributed by atoms with Crippen LogP contribution >= 0.6 is 0 Å². The van der Waals surface area contributed by atoms with Crippen molar-refractivity contribution in [2.75, 3.05) is 31.1 Å². The van der Waals surface area contributed by atoms with Crippen LogP contribution in [-0.4, -0.2) is 51.1 Å². The predicted molar refractivity (Wildman–Crippen MR) is 107 cm³/mol. The van der Waals surface area contributed by atoms with Crippen LogP contribution < -0.4 is 4.90 Å². The van der Waals surface area contributed by atoms with Crippen molar-refractivity contribution in [1.82, 2.24) is 19.9 Å². The van der Waals surface area contributed by atoms with E-state index in [4.69, 9.17) is 4.98 Å². The Bertz CT molecular complexity index is 776. The first kappa shape index (κ1) is 18.4. The topological polar surface area (TPSA) is 68.3 Å². The summed E-state index contributed by atoms with van der Waals surface area (Å²) in [6.07, 6.45) is 4.50. The molecule has 6 nitrogen and oxygen atoms in total. The third-order valence-electron chi connectivity index (χ3n) is 6.08. The Kier molecular flexibility index (Phi) is 4.95. The molecule has 2 aliphatic rings. The van der Waals surface area contributed by atoms with Crippen LogP contribution in [0.1, 0.15) is 56.8 Å². The van der Waals surface area contributed by atoms with Crippen LogP contribution in [-0.2, 0) is 12.0 Å². The highest BCUT2D eigenvalue weighted by molar-refractivity contribution is 5.41. The second kappa shape index (κ2) is 7.24. The molecule has 6 heteroatoms. The molecule has 2 aromatic heterocycles. The summed E-state index contributed by atoms with van der Waals surface area (Å²) in [6.45, 7) is 10.5. The fraction of sp³-hybridized carbons (Fsp3) is 0.619. The Morgan fingerprint density at radius 2 is 1.96 bits per heavy atom. The Morgan fingerprint density at radius 3 is 2.67 bits per heavy atom. The smallest absolute Gasteiger partial charge is 0.128 e. The van der Waals surface area contributed by atoms with Crippen molar-refractivity contribution >= 4 is 5.82 Å². The molecule has 2 aliphatic heterocycles. The maximum absolute atomic E-state index is 9.85. The highest BCUT2D eigenvalue weighted by Gasteiger charge is 2.46. The van der Waals surface area contributed by atoms with Crippen molar-refractivity contribution in [3.8, 4) is 0 Å². The molecule has 0 aliphatic carbocycles. The van der Waals surface area contributed by atoms with Gasteiger partial charge in [-0.15, -0.1) is 0 Å². The van der Waals surface area contributed by atoms with E-state index in [1.807, 2.05) is 18.5 Å². The number of H-pyrrole nitrogens is 1. The summed E-state index contributed by atoms with van der Waals surface area (Å²) in [4.78, 5) is 17.8. The molecule has 0 aromatic carbocycles. The summed E-state index contributed by atoms with van der Waals surface area (Å²) in [5.41, 5.74) is 3.36. The molecule has 2 aromatic rings. The van der Waals surface area contributed by atoms with Gasteiger partial charge in [-0.1, -0.05) is 19.9 Å². The summed E-state index contributed by atoms with van der Waals surface area (Å²) in [5.74, 6) is 1.61. The van der Waals surface area contributed by atoms with Gasteiger partial charge in [0.05, 0.1) is 29.4 Å². The minimum absolute atomic E-state index is 0.0379. The first-order valence-corrected chi connectivity index (χ1v) is 10.2. The van der Waals surface area contributed by atoms with Crippen LogP contribution in [0.2, 0.25) is 0 Å². The monoisotopic (exact) mass is 369 g/mol. The lowest BCUT2D eigenvalue weighted by atomic mass is 9.78. The summed E-state index contributed by atoms with van der Waals surface area (Å²) in [5, 5.41) is 9.85. The van der Waals surface area contributed by atoms with Crippen LogP contribution in [0.25, 0.3) is 0 Å². The number of hydrogen-bond donors (Lipinski definition) is 2. The van der Waals surface area contributed by atoms with Crippen molar-refractivity contribution in [2.45, 2.75) is 51.7 Å².